The van der Waals surface area contributed by atoms with Gasteiger partial charge in [-0.1, -0.05) is 38.1 Å². The van der Waals surface area contributed by atoms with E-state index in [1.165, 1.54) is 31.0 Å². The number of rotatable bonds is 10. The van der Waals surface area contributed by atoms with Crippen LogP contribution >= 0.6 is 11.8 Å². The summed E-state index contributed by atoms with van der Waals surface area (Å²) in [6, 6.07) is 5.24. The number of amides is 1. The summed E-state index contributed by atoms with van der Waals surface area (Å²) in [4.78, 5) is 24.3. The minimum absolute atomic E-state index is 0.0501. The highest BCUT2D eigenvalue weighted by Gasteiger charge is 2.27. The van der Waals surface area contributed by atoms with Crippen LogP contribution in [0.1, 0.15) is 20.3 Å². The Hall–Kier alpha value is -2.68. The lowest BCUT2D eigenvalue weighted by molar-refractivity contribution is -0.146. The molecule has 156 valence electrons. The summed E-state index contributed by atoms with van der Waals surface area (Å²) in [6.07, 6.45) is 2.42. The summed E-state index contributed by atoms with van der Waals surface area (Å²) in [5.41, 5.74) is 0.708. The van der Waals surface area contributed by atoms with Crippen molar-refractivity contribution in [2.45, 2.75) is 38.0 Å². The molecule has 2 atom stereocenters. The molecule has 0 radical (unpaired) electrons. The van der Waals surface area contributed by atoms with Crippen molar-refractivity contribution in [3.05, 3.63) is 42.7 Å². The molecule has 0 aliphatic rings. The summed E-state index contributed by atoms with van der Waals surface area (Å²) >= 11 is 1.20. The third-order valence-corrected chi connectivity index (χ3v) is 5.41. The van der Waals surface area contributed by atoms with Crippen LogP contribution in [0, 0.1) is 11.7 Å². The number of nitrogens with zero attached hydrogens (tertiary/aromatic N) is 3. The minimum Gasteiger partial charge on any atom is -0.467 e. The summed E-state index contributed by atoms with van der Waals surface area (Å²) in [5, 5.41) is 11.6. The number of carbonyl (C=O) groups is 2. The number of methoxy groups -OCH3 is 1. The van der Waals surface area contributed by atoms with E-state index in [4.69, 9.17) is 4.74 Å². The molecule has 1 heterocycles. The molecular formula is C20H25FN4O3S. The van der Waals surface area contributed by atoms with E-state index >= 15 is 0 Å². The maximum Gasteiger partial charge on any atom is 0.328 e. The number of halogens is 1. The summed E-state index contributed by atoms with van der Waals surface area (Å²) in [7, 11) is 1.30. The van der Waals surface area contributed by atoms with Crippen LogP contribution in [0.15, 0.2) is 42.1 Å². The highest BCUT2D eigenvalue weighted by atomic mass is 32.2. The van der Waals surface area contributed by atoms with Gasteiger partial charge in [0.05, 0.1) is 12.9 Å². The van der Waals surface area contributed by atoms with E-state index in [-0.39, 0.29) is 23.4 Å². The molecule has 9 heteroatoms. The predicted octanol–water partition coefficient (Wildman–Crippen LogP) is 3.07. The molecule has 1 aromatic carbocycles. The van der Waals surface area contributed by atoms with E-state index in [2.05, 4.69) is 22.1 Å². The molecule has 0 unspecified atom stereocenters. The monoisotopic (exact) mass is 420 g/mol. The average molecular weight is 421 g/mol. The smallest absolute Gasteiger partial charge is 0.328 e. The lowest BCUT2D eigenvalue weighted by atomic mass is 9.99. The summed E-state index contributed by atoms with van der Waals surface area (Å²) < 4.78 is 19.8. The Kier molecular flexibility index (Phi) is 8.38. The molecular weight excluding hydrogens is 395 g/mol. The Labute approximate surface area is 173 Å². The molecule has 2 aromatic rings. The minimum atomic E-state index is -0.695. The molecule has 0 aliphatic carbocycles. The van der Waals surface area contributed by atoms with Crippen molar-refractivity contribution < 1.29 is 18.7 Å². The van der Waals surface area contributed by atoms with Gasteiger partial charge < -0.3 is 10.1 Å². The molecule has 0 fully saturated rings. The third kappa shape index (κ3) is 5.90. The van der Waals surface area contributed by atoms with Crippen LogP contribution in [0.2, 0.25) is 0 Å². The summed E-state index contributed by atoms with van der Waals surface area (Å²) in [6.45, 7) is 7.99. The maximum absolute atomic E-state index is 13.2. The maximum atomic E-state index is 13.2. The number of nitrogens with one attached hydrogen (secondary N) is 1. The molecule has 0 aliphatic heterocycles. The van der Waals surface area contributed by atoms with E-state index in [0.29, 0.717) is 23.1 Å². The van der Waals surface area contributed by atoms with Gasteiger partial charge in [-0.05, 0) is 30.2 Å². The molecule has 1 aromatic heterocycles. The van der Waals surface area contributed by atoms with Crippen molar-refractivity contribution in [2.75, 3.05) is 12.9 Å². The van der Waals surface area contributed by atoms with Crippen molar-refractivity contribution in [1.82, 2.24) is 20.1 Å². The van der Waals surface area contributed by atoms with Crippen molar-refractivity contribution in [3.63, 3.8) is 0 Å². The standard InChI is InChI=1S/C20H25FN4O3S/c1-5-11-25-18(14-7-9-15(21)10-8-14)23-24-20(25)29-12-16(26)22-17(13(3)6-2)19(27)28-4/h5,7-10,13,17H,1,6,11-12H2,2-4H3,(H,22,26)/t13-,17+/m0/s1. The fourth-order valence-corrected chi connectivity index (χ4v) is 3.40. The van der Waals surface area contributed by atoms with E-state index < -0.39 is 12.0 Å². The molecule has 0 bridgehead atoms. The fourth-order valence-electron chi connectivity index (χ4n) is 2.64. The largest absolute Gasteiger partial charge is 0.467 e. The molecule has 2 rings (SSSR count). The van der Waals surface area contributed by atoms with Gasteiger partial charge in [0.15, 0.2) is 11.0 Å². The first-order valence-corrected chi connectivity index (χ1v) is 10.2. The predicted molar refractivity (Wildman–Crippen MR) is 110 cm³/mol. The number of hydrogen-bond donors (Lipinski definition) is 1. The number of esters is 1. The number of benzene rings is 1. The van der Waals surface area contributed by atoms with Crippen LogP contribution in [0.3, 0.4) is 0 Å². The first-order chi connectivity index (χ1) is 13.9. The zero-order chi connectivity index (χ0) is 21.4. The van der Waals surface area contributed by atoms with Crippen LogP contribution in [0.5, 0.6) is 0 Å². The first-order valence-electron chi connectivity index (χ1n) is 9.21. The third-order valence-electron chi connectivity index (χ3n) is 4.45. The van der Waals surface area contributed by atoms with Crippen molar-refractivity contribution >= 4 is 23.6 Å². The first kappa shape index (κ1) is 22.6. The molecule has 0 saturated carbocycles. The fraction of sp³-hybridized carbons (Fsp3) is 0.400. The highest BCUT2D eigenvalue weighted by molar-refractivity contribution is 7.99. The number of allylic oxidation sites excluding steroid dienone is 1. The Balaban J connectivity index is 2.11. The van der Waals surface area contributed by atoms with Gasteiger partial charge in [0.25, 0.3) is 0 Å². The van der Waals surface area contributed by atoms with Gasteiger partial charge in [0, 0.05) is 12.1 Å². The van der Waals surface area contributed by atoms with Crippen LogP contribution in [-0.2, 0) is 20.9 Å². The van der Waals surface area contributed by atoms with E-state index in [0.717, 1.165) is 6.42 Å². The zero-order valence-corrected chi connectivity index (χ0v) is 17.5. The van der Waals surface area contributed by atoms with E-state index in [1.807, 2.05) is 13.8 Å². The van der Waals surface area contributed by atoms with E-state index in [1.54, 1.807) is 22.8 Å². The van der Waals surface area contributed by atoms with Crippen LogP contribution in [0.25, 0.3) is 11.4 Å². The number of hydrogen-bond acceptors (Lipinski definition) is 6. The Morgan fingerprint density at radius 1 is 1.34 bits per heavy atom. The molecule has 1 amide bonds. The topological polar surface area (TPSA) is 86.1 Å². The average Bonchev–Trinajstić information content (AvgIpc) is 3.12. The summed E-state index contributed by atoms with van der Waals surface area (Å²) in [5.74, 6) is -0.543. The van der Waals surface area contributed by atoms with E-state index in [9.17, 15) is 14.0 Å². The van der Waals surface area contributed by atoms with Gasteiger partial charge in [-0.2, -0.15) is 0 Å². The Bertz CT molecular complexity index is 854. The zero-order valence-electron chi connectivity index (χ0n) is 16.7. The van der Waals surface area contributed by atoms with Crippen LogP contribution in [0.4, 0.5) is 4.39 Å². The SMILES string of the molecule is C=CCn1c(SCC(=O)N[C@@H](C(=O)OC)[C@@H](C)CC)nnc1-c1ccc(F)cc1. The Morgan fingerprint density at radius 3 is 2.62 bits per heavy atom. The van der Waals surface area contributed by atoms with Gasteiger partial charge >= 0.3 is 5.97 Å². The molecule has 29 heavy (non-hydrogen) atoms. The van der Waals surface area contributed by atoms with Crippen LogP contribution in [-0.4, -0.2) is 45.5 Å². The second-order valence-corrected chi connectivity index (χ2v) is 7.40. The highest BCUT2D eigenvalue weighted by Crippen LogP contribution is 2.24. The lowest BCUT2D eigenvalue weighted by Crippen LogP contribution is -2.46. The number of aromatic nitrogens is 3. The van der Waals surface area contributed by atoms with Gasteiger partial charge in [-0.25, -0.2) is 9.18 Å². The number of thioether (sulfide) groups is 1. The van der Waals surface area contributed by atoms with Gasteiger partial charge in [0.1, 0.15) is 11.9 Å². The van der Waals surface area contributed by atoms with Gasteiger partial charge in [-0.15, -0.1) is 16.8 Å². The lowest BCUT2D eigenvalue weighted by Gasteiger charge is -2.21. The number of ether oxygens (including phenoxy) is 1. The van der Waals surface area contributed by atoms with Crippen molar-refractivity contribution in [3.8, 4) is 11.4 Å². The quantitative estimate of drug-likeness (QED) is 0.361. The van der Waals surface area contributed by atoms with Crippen LogP contribution < -0.4 is 5.32 Å². The van der Waals surface area contributed by atoms with Crippen molar-refractivity contribution in [2.24, 2.45) is 5.92 Å². The van der Waals surface area contributed by atoms with Crippen molar-refractivity contribution in [1.29, 1.82) is 0 Å². The van der Waals surface area contributed by atoms with Gasteiger partial charge in [-0.3, -0.25) is 9.36 Å². The Morgan fingerprint density at radius 2 is 2.03 bits per heavy atom. The molecule has 1 N–H and O–H groups in total. The normalized spacial score (nSPS) is 12.8. The molecule has 7 nitrogen and oxygen atoms in total. The number of carbonyl (C=O) groups excluding carboxylic acids is 2. The second kappa shape index (κ2) is 10.8. The molecule has 0 spiro atoms. The van der Waals surface area contributed by atoms with Gasteiger partial charge in [0.2, 0.25) is 5.91 Å². The second-order valence-electron chi connectivity index (χ2n) is 6.45. The molecule has 0 saturated heterocycles.